The molecule has 1 rings (SSSR count). The second-order valence-electron chi connectivity index (χ2n) is 2.20. The van der Waals surface area contributed by atoms with E-state index in [4.69, 9.17) is 0 Å². The summed E-state index contributed by atoms with van der Waals surface area (Å²) >= 11 is 0. The van der Waals surface area contributed by atoms with Gasteiger partial charge in [-0.15, -0.1) is 0 Å². The molecule has 0 unspecified atom stereocenters. The lowest BCUT2D eigenvalue weighted by Gasteiger charge is -2.13. The molecule has 0 aliphatic carbocycles. The van der Waals surface area contributed by atoms with Crippen LogP contribution in [0.2, 0.25) is 0 Å². The van der Waals surface area contributed by atoms with Crippen molar-refractivity contribution in [3.63, 3.8) is 0 Å². The van der Waals surface area contributed by atoms with E-state index in [9.17, 15) is 0 Å². The molecule has 0 amide bonds. The molecule has 1 aliphatic rings. The molecule has 3 nitrogen and oxygen atoms in total. The molecule has 9 heavy (non-hydrogen) atoms. The maximum absolute atomic E-state index is 4.10. The van der Waals surface area contributed by atoms with E-state index < -0.39 is 0 Å². The molecule has 0 spiro atoms. The third-order valence-electron chi connectivity index (χ3n) is 1.58. The summed E-state index contributed by atoms with van der Waals surface area (Å²) in [4.78, 5) is 2.15. The summed E-state index contributed by atoms with van der Waals surface area (Å²) in [7, 11) is 2.06. The van der Waals surface area contributed by atoms with Crippen LogP contribution in [-0.4, -0.2) is 30.9 Å². The van der Waals surface area contributed by atoms with Gasteiger partial charge in [0.1, 0.15) is 5.84 Å². The van der Waals surface area contributed by atoms with E-state index in [1.165, 1.54) is 5.84 Å². The number of rotatable bonds is 1. The second kappa shape index (κ2) is 2.71. The van der Waals surface area contributed by atoms with Gasteiger partial charge >= 0.3 is 0 Å². The molecule has 0 aromatic rings. The number of hydrazone groups is 1. The monoisotopic (exact) mass is 127 g/mol. The Balaban J connectivity index is 2.40. The van der Waals surface area contributed by atoms with Crippen molar-refractivity contribution in [2.24, 2.45) is 5.10 Å². The fraction of sp³-hybridized carbons (Fsp3) is 0.833. The first-order valence-corrected chi connectivity index (χ1v) is 3.35. The summed E-state index contributed by atoms with van der Waals surface area (Å²) in [6, 6.07) is 0. The fourth-order valence-electron chi connectivity index (χ4n) is 0.829. The topological polar surface area (TPSA) is 27.6 Å². The predicted octanol–water partition coefficient (Wildman–Crippen LogP) is 0.245. The molecule has 52 valence electrons. The lowest BCUT2D eigenvalue weighted by Crippen LogP contribution is -2.24. The summed E-state index contributed by atoms with van der Waals surface area (Å²) in [5, 5.41) is 4.10. The van der Waals surface area contributed by atoms with E-state index in [0.717, 1.165) is 19.5 Å². The highest BCUT2D eigenvalue weighted by molar-refractivity contribution is 5.83. The lowest BCUT2D eigenvalue weighted by molar-refractivity contribution is 0.528. The molecule has 0 saturated carbocycles. The van der Waals surface area contributed by atoms with Gasteiger partial charge in [-0.05, 0) is 6.92 Å². The van der Waals surface area contributed by atoms with Crippen LogP contribution in [0.1, 0.15) is 13.3 Å². The number of nitrogens with one attached hydrogen (secondary N) is 1. The summed E-state index contributed by atoms with van der Waals surface area (Å²) in [5.74, 6) is 1.18. The van der Waals surface area contributed by atoms with Crippen LogP contribution in [0.5, 0.6) is 0 Å². The Morgan fingerprint density at radius 1 is 1.78 bits per heavy atom. The zero-order chi connectivity index (χ0) is 6.69. The van der Waals surface area contributed by atoms with Gasteiger partial charge in [0.15, 0.2) is 0 Å². The van der Waals surface area contributed by atoms with Crippen LogP contribution in [0.4, 0.5) is 0 Å². The minimum atomic E-state index is 1.000. The first-order valence-electron chi connectivity index (χ1n) is 3.35. The molecule has 0 aromatic carbocycles. The Morgan fingerprint density at radius 3 is 3.00 bits per heavy atom. The Hall–Kier alpha value is -0.730. The molecule has 0 fully saturated rings. The van der Waals surface area contributed by atoms with E-state index in [1.54, 1.807) is 0 Å². The van der Waals surface area contributed by atoms with Crippen molar-refractivity contribution in [1.82, 2.24) is 10.3 Å². The fourth-order valence-corrected chi connectivity index (χ4v) is 0.829. The average Bonchev–Trinajstić information content (AvgIpc) is 2.37. The van der Waals surface area contributed by atoms with Crippen molar-refractivity contribution in [2.45, 2.75) is 13.3 Å². The second-order valence-corrected chi connectivity index (χ2v) is 2.20. The van der Waals surface area contributed by atoms with Crippen LogP contribution in [-0.2, 0) is 0 Å². The first kappa shape index (κ1) is 6.39. The first-order chi connectivity index (χ1) is 4.34. The SMILES string of the molecule is CCN(C)C1=NNCC1. The normalized spacial score (nSPS) is 16.9. The highest BCUT2D eigenvalue weighted by Crippen LogP contribution is 1.96. The van der Waals surface area contributed by atoms with Gasteiger partial charge in [0, 0.05) is 26.6 Å². The van der Waals surface area contributed by atoms with Crippen LogP contribution in [0.25, 0.3) is 0 Å². The summed E-state index contributed by atoms with van der Waals surface area (Å²) < 4.78 is 0. The molecule has 3 heteroatoms. The third-order valence-corrected chi connectivity index (χ3v) is 1.58. The molecular weight excluding hydrogens is 114 g/mol. The van der Waals surface area contributed by atoms with Crippen molar-refractivity contribution < 1.29 is 0 Å². The van der Waals surface area contributed by atoms with Crippen molar-refractivity contribution in [1.29, 1.82) is 0 Å². The molecular formula is C6H13N3. The van der Waals surface area contributed by atoms with Crippen LogP contribution in [0, 0.1) is 0 Å². The maximum atomic E-state index is 4.10. The molecule has 0 bridgehead atoms. The number of amidine groups is 1. The highest BCUT2D eigenvalue weighted by atomic mass is 15.4. The lowest BCUT2D eigenvalue weighted by atomic mass is 10.4. The Kier molecular flexibility index (Phi) is 1.92. The van der Waals surface area contributed by atoms with E-state index in [-0.39, 0.29) is 0 Å². The van der Waals surface area contributed by atoms with E-state index >= 15 is 0 Å². The summed E-state index contributed by atoms with van der Waals surface area (Å²) in [5.41, 5.74) is 2.93. The number of hydrogen-bond acceptors (Lipinski definition) is 3. The third kappa shape index (κ3) is 1.34. The van der Waals surface area contributed by atoms with Gasteiger partial charge in [0.05, 0.1) is 0 Å². The van der Waals surface area contributed by atoms with Gasteiger partial charge in [-0.3, -0.25) is 0 Å². The Bertz CT molecular complexity index is 119. The molecule has 0 aromatic heterocycles. The van der Waals surface area contributed by atoms with Crippen molar-refractivity contribution in [3.05, 3.63) is 0 Å². The maximum Gasteiger partial charge on any atom is 0.126 e. The molecule has 0 atom stereocenters. The smallest absolute Gasteiger partial charge is 0.126 e. The Labute approximate surface area is 55.7 Å². The van der Waals surface area contributed by atoms with Crippen molar-refractivity contribution in [3.8, 4) is 0 Å². The molecule has 1 aliphatic heterocycles. The zero-order valence-corrected chi connectivity index (χ0v) is 6.02. The number of nitrogens with zero attached hydrogens (tertiary/aromatic N) is 2. The molecule has 1 N–H and O–H groups in total. The standard InChI is InChI=1S/C6H13N3/c1-3-9(2)6-4-5-7-8-6/h7H,3-5H2,1-2H3. The zero-order valence-electron chi connectivity index (χ0n) is 6.02. The van der Waals surface area contributed by atoms with E-state index in [2.05, 4.69) is 29.4 Å². The predicted molar refractivity (Wildman–Crippen MR) is 38.4 cm³/mol. The molecule has 1 heterocycles. The Morgan fingerprint density at radius 2 is 2.56 bits per heavy atom. The van der Waals surface area contributed by atoms with Gasteiger partial charge < -0.3 is 10.3 Å². The van der Waals surface area contributed by atoms with E-state index in [0.29, 0.717) is 0 Å². The van der Waals surface area contributed by atoms with Crippen LogP contribution in [0.15, 0.2) is 5.10 Å². The van der Waals surface area contributed by atoms with E-state index in [1.807, 2.05) is 0 Å². The van der Waals surface area contributed by atoms with Gasteiger partial charge in [-0.2, -0.15) is 5.10 Å². The van der Waals surface area contributed by atoms with Crippen LogP contribution < -0.4 is 5.43 Å². The van der Waals surface area contributed by atoms with Crippen molar-refractivity contribution >= 4 is 5.84 Å². The van der Waals surface area contributed by atoms with Crippen LogP contribution >= 0.6 is 0 Å². The summed E-state index contributed by atoms with van der Waals surface area (Å²) in [6.07, 6.45) is 1.07. The minimum absolute atomic E-state index is 1.000. The minimum Gasteiger partial charge on any atom is -0.362 e. The summed E-state index contributed by atoms with van der Waals surface area (Å²) in [6.45, 7) is 4.17. The molecule has 0 radical (unpaired) electrons. The van der Waals surface area contributed by atoms with Gasteiger partial charge in [0.25, 0.3) is 0 Å². The van der Waals surface area contributed by atoms with Gasteiger partial charge in [-0.25, -0.2) is 0 Å². The quantitative estimate of drug-likeness (QED) is 0.546. The van der Waals surface area contributed by atoms with Crippen molar-refractivity contribution in [2.75, 3.05) is 20.1 Å². The average molecular weight is 127 g/mol. The van der Waals surface area contributed by atoms with Crippen LogP contribution in [0.3, 0.4) is 0 Å². The highest BCUT2D eigenvalue weighted by Gasteiger charge is 2.07. The van der Waals surface area contributed by atoms with Gasteiger partial charge in [-0.1, -0.05) is 0 Å². The largest absolute Gasteiger partial charge is 0.362 e. The number of hydrogen-bond donors (Lipinski definition) is 1. The van der Waals surface area contributed by atoms with Gasteiger partial charge in [0.2, 0.25) is 0 Å². The molecule has 0 saturated heterocycles.